The zero-order chi connectivity index (χ0) is 17.6. The minimum Gasteiger partial charge on any atom is -0.497 e. The van der Waals surface area contributed by atoms with Crippen LogP contribution in [0.2, 0.25) is 0 Å². The normalized spacial score (nSPS) is 20.5. The molecule has 0 amide bonds. The number of Topliss-reactive ketones (excluding diaryl/α,β-unsaturated/α-hetero) is 1. The molecule has 2 aromatic rings. The van der Waals surface area contributed by atoms with Crippen LogP contribution in [0.25, 0.3) is 11.1 Å². The van der Waals surface area contributed by atoms with Crippen molar-refractivity contribution in [1.29, 1.82) is 0 Å². The first-order valence-electron chi connectivity index (χ1n) is 9.48. The Balaban J connectivity index is 1.67. The van der Waals surface area contributed by atoms with E-state index in [1.54, 1.807) is 7.11 Å². The Morgan fingerprint density at radius 2 is 1.60 bits per heavy atom. The average molecular weight is 336 g/mol. The van der Waals surface area contributed by atoms with Crippen LogP contribution < -0.4 is 4.74 Å². The standard InChI is InChI=1S/C23H28O2/c1-3-4-5-17-6-15-22(23(24)16-17)20-9-7-18(8-10-20)19-11-13-21(25-2)14-12-19/h7-14,17,22H,3-6,15-16H2,1-2H3. The van der Waals surface area contributed by atoms with Gasteiger partial charge in [-0.05, 0) is 47.6 Å². The van der Waals surface area contributed by atoms with Gasteiger partial charge < -0.3 is 4.74 Å². The van der Waals surface area contributed by atoms with E-state index in [0.717, 1.165) is 18.6 Å². The van der Waals surface area contributed by atoms with Crippen LogP contribution >= 0.6 is 0 Å². The monoisotopic (exact) mass is 336 g/mol. The maximum absolute atomic E-state index is 12.6. The third kappa shape index (κ3) is 4.31. The summed E-state index contributed by atoms with van der Waals surface area (Å²) < 4.78 is 5.21. The fourth-order valence-electron chi connectivity index (χ4n) is 3.88. The van der Waals surface area contributed by atoms with E-state index >= 15 is 0 Å². The molecule has 3 rings (SSSR count). The van der Waals surface area contributed by atoms with Crippen LogP contribution in [0.1, 0.15) is 56.9 Å². The number of unbranched alkanes of at least 4 members (excludes halogenated alkanes) is 1. The molecule has 2 atom stereocenters. The summed E-state index contributed by atoms with van der Waals surface area (Å²) in [4.78, 5) is 12.6. The Hall–Kier alpha value is -2.09. The van der Waals surface area contributed by atoms with Crippen LogP contribution in [-0.2, 0) is 4.79 Å². The predicted molar refractivity (Wildman–Crippen MR) is 103 cm³/mol. The quantitative estimate of drug-likeness (QED) is 0.646. The summed E-state index contributed by atoms with van der Waals surface area (Å²) in [5.41, 5.74) is 3.52. The molecule has 1 fully saturated rings. The van der Waals surface area contributed by atoms with Crippen LogP contribution in [0, 0.1) is 5.92 Å². The second-order valence-corrected chi connectivity index (χ2v) is 7.16. The SMILES string of the molecule is CCCCC1CCC(c2ccc(-c3ccc(OC)cc3)cc2)C(=O)C1. The molecule has 0 heterocycles. The van der Waals surface area contributed by atoms with Crippen molar-refractivity contribution in [3.63, 3.8) is 0 Å². The Morgan fingerprint density at radius 1 is 0.960 bits per heavy atom. The molecule has 2 aromatic carbocycles. The first-order valence-corrected chi connectivity index (χ1v) is 9.48. The number of carbonyl (C=O) groups is 1. The van der Waals surface area contributed by atoms with E-state index in [0.29, 0.717) is 11.7 Å². The highest BCUT2D eigenvalue weighted by atomic mass is 16.5. The topological polar surface area (TPSA) is 26.3 Å². The molecule has 0 N–H and O–H groups in total. The van der Waals surface area contributed by atoms with Crippen molar-refractivity contribution in [2.75, 3.05) is 7.11 Å². The fourth-order valence-corrected chi connectivity index (χ4v) is 3.88. The maximum Gasteiger partial charge on any atom is 0.140 e. The molecular formula is C23H28O2. The first kappa shape index (κ1) is 17.7. The van der Waals surface area contributed by atoms with Gasteiger partial charge in [-0.2, -0.15) is 0 Å². The summed E-state index contributed by atoms with van der Waals surface area (Å²) in [6.45, 7) is 2.22. The van der Waals surface area contributed by atoms with Gasteiger partial charge in [0.25, 0.3) is 0 Å². The van der Waals surface area contributed by atoms with E-state index in [1.807, 2.05) is 12.1 Å². The predicted octanol–water partition coefficient (Wildman–Crippen LogP) is 6.01. The molecule has 132 valence electrons. The molecule has 1 saturated carbocycles. The molecule has 0 bridgehead atoms. The molecule has 0 saturated heterocycles. The lowest BCUT2D eigenvalue weighted by Gasteiger charge is -2.27. The molecule has 2 heteroatoms. The van der Waals surface area contributed by atoms with E-state index in [4.69, 9.17) is 4.74 Å². The summed E-state index contributed by atoms with van der Waals surface area (Å²) >= 11 is 0. The Labute approximate surface area is 151 Å². The Morgan fingerprint density at radius 3 is 2.16 bits per heavy atom. The molecule has 0 aromatic heterocycles. The van der Waals surface area contributed by atoms with Crippen molar-refractivity contribution in [2.45, 2.75) is 51.4 Å². The van der Waals surface area contributed by atoms with Gasteiger partial charge >= 0.3 is 0 Å². The van der Waals surface area contributed by atoms with Crippen molar-refractivity contribution in [2.24, 2.45) is 5.92 Å². The van der Waals surface area contributed by atoms with Gasteiger partial charge in [0, 0.05) is 12.3 Å². The Kier molecular flexibility index (Phi) is 5.91. The number of hydrogen-bond acceptors (Lipinski definition) is 2. The third-order valence-corrected chi connectivity index (χ3v) is 5.44. The third-order valence-electron chi connectivity index (χ3n) is 5.44. The number of carbonyl (C=O) groups excluding carboxylic acids is 1. The first-order chi connectivity index (χ1) is 12.2. The number of rotatable bonds is 6. The van der Waals surface area contributed by atoms with Gasteiger partial charge in [-0.3, -0.25) is 4.79 Å². The zero-order valence-electron chi connectivity index (χ0n) is 15.3. The number of hydrogen-bond donors (Lipinski definition) is 0. The molecule has 0 radical (unpaired) electrons. The van der Waals surface area contributed by atoms with Crippen LogP contribution in [-0.4, -0.2) is 12.9 Å². The van der Waals surface area contributed by atoms with Crippen LogP contribution in [0.5, 0.6) is 5.75 Å². The van der Waals surface area contributed by atoms with E-state index in [9.17, 15) is 4.79 Å². The minimum atomic E-state index is 0.0998. The maximum atomic E-state index is 12.6. The van der Waals surface area contributed by atoms with Gasteiger partial charge in [0.05, 0.1) is 7.11 Å². The second kappa shape index (κ2) is 8.33. The highest BCUT2D eigenvalue weighted by Gasteiger charge is 2.29. The summed E-state index contributed by atoms with van der Waals surface area (Å²) in [5.74, 6) is 2.01. The summed E-state index contributed by atoms with van der Waals surface area (Å²) in [7, 11) is 1.68. The fraction of sp³-hybridized carbons (Fsp3) is 0.435. The van der Waals surface area contributed by atoms with Gasteiger partial charge in [-0.25, -0.2) is 0 Å². The highest BCUT2D eigenvalue weighted by molar-refractivity contribution is 5.86. The average Bonchev–Trinajstić information content (AvgIpc) is 2.67. The zero-order valence-corrected chi connectivity index (χ0v) is 15.3. The smallest absolute Gasteiger partial charge is 0.140 e. The molecule has 2 unspecified atom stereocenters. The molecule has 1 aliphatic carbocycles. The summed E-state index contributed by atoms with van der Waals surface area (Å²) in [5, 5.41) is 0. The van der Waals surface area contributed by atoms with Crippen molar-refractivity contribution in [1.82, 2.24) is 0 Å². The van der Waals surface area contributed by atoms with Gasteiger partial charge in [-0.15, -0.1) is 0 Å². The number of benzene rings is 2. The molecule has 0 spiro atoms. The van der Waals surface area contributed by atoms with Crippen LogP contribution in [0.4, 0.5) is 0 Å². The largest absolute Gasteiger partial charge is 0.497 e. The van der Waals surface area contributed by atoms with Gasteiger partial charge in [-0.1, -0.05) is 62.6 Å². The van der Waals surface area contributed by atoms with Crippen molar-refractivity contribution in [3.05, 3.63) is 54.1 Å². The van der Waals surface area contributed by atoms with E-state index < -0.39 is 0 Å². The van der Waals surface area contributed by atoms with Crippen molar-refractivity contribution in [3.8, 4) is 16.9 Å². The second-order valence-electron chi connectivity index (χ2n) is 7.16. The molecule has 1 aliphatic rings. The summed E-state index contributed by atoms with van der Waals surface area (Å²) in [6, 6.07) is 16.6. The van der Waals surface area contributed by atoms with Crippen LogP contribution in [0.15, 0.2) is 48.5 Å². The minimum absolute atomic E-state index is 0.0998. The van der Waals surface area contributed by atoms with E-state index in [-0.39, 0.29) is 5.92 Å². The van der Waals surface area contributed by atoms with Gasteiger partial charge in [0.2, 0.25) is 0 Å². The van der Waals surface area contributed by atoms with E-state index in [1.165, 1.54) is 42.4 Å². The molecule has 25 heavy (non-hydrogen) atoms. The molecule has 2 nitrogen and oxygen atoms in total. The lowest BCUT2D eigenvalue weighted by atomic mass is 9.76. The molecule has 0 aliphatic heterocycles. The lowest BCUT2D eigenvalue weighted by molar-refractivity contribution is -0.123. The number of methoxy groups -OCH3 is 1. The molecular weight excluding hydrogens is 308 g/mol. The number of ketones is 1. The van der Waals surface area contributed by atoms with Gasteiger partial charge in [0.15, 0.2) is 0 Å². The number of ether oxygens (including phenoxy) is 1. The van der Waals surface area contributed by atoms with Gasteiger partial charge in [0.1, 0.15) is 11.5 Å². The lowest BCUT2D eigenvalue weighted by Crippen LogP contribution is -2.23. The van der Waals surface area contributed by atoms with Crippen molar-refractivity contribution >= 4 is 5.78 Å². The van der Waals surface area contributed by atoms with Crippen molar-refractivity contribution < 1.29 is 9.53 Å². The highest BCUT2D eigenvalue weighted by Crippen LogP contribution is 2.36. The Bertz CT molecular complexity index is 685. The van der Waals surface area contributed by atoms with Crippen LogP contribution in [0.3, 0.4) is 0 Å². The summed E-state index contributed by atoms with van der Waals surface area (Å²) in [6.07, 6.45) is 6.65. The van der Waals surface area contributed by atoms with E-state index in [2.05, 4.69) is 43.3 Å².